The molecule has 0 bridgehead atoms. The van der Waals surface area contributed by atoms with Gasteiger partial charge in [0.1, 0.15) is 5.75 Å². The van der Waals surface area contributed by atoms with Crippen molar-refractivity contribution < 1.29 is 18.0 Å². The number of rotatable bonds is 6. The van der Waals surface area contributed by atoms with E-state index in [1.807, 2.05) is 38.1 Å². The molecule has 3 atom stereocenters. The third kappa shape index (κ3) is 3.71. The van der Waals surface area contributed by atoms with E-state index in [4.69, 9.17) is 9.26 Å². The summed E-state index contributed by atoms with van der Waals surface area (Å²) in [6.45, 7) is 3.97. The van der Waals surface area contributed by atoms with Gasteiger partial charge in [-0.05, 0) is 36.6 Å². The normalized spacial score (nSPS) is 21.7. The summed E-state index contributed by atoms with van der Waals surface area (Å²) >= 11 is 3.37. The predicted octanol–water partition coefficient (Wildman–Crippen LogP) is 4.98. The fraction of sp³-hybridized carbons (Fsp3) is 0.500. The van der Waals surface area contributed by atoms with E-state index >= 15 is 0 Å². The minimum Gasteiger partial charge on any atom is -0.482 e. The van der Waals surface area contributed by atoms with Crippen molar-refractivity contribution in [1.82, 2.24) is 10.1 Å². The quantitative estimate of drug-likeness (QED) is 0.702. The van der Waals surface area contributed by atoms with Gasteiger partial charge in [-0.3, -0.25) is 0 Å². The molecule has 0 saturated heterocycles. The maximum Gasteiger partial charge on any atom is 0.242 e. The molecule has 0 N–H and O–H groups in total. The molecule has 3 rings (SSSR count). The Morgan fingerprint density at radius 3 is 2.52 bits per heavy atom. The molecule has 1 aromatic carbocycles. The Hall–Kier alpha value is -1.50. The van der Waals surface area contributed by atoms with Crippen molar-refractivity contribution in [3.05, 3.63) is 40.5 Å². The molecular weight excluding hydrogens is 370 g/mol. The first-order chi connectivity index (χ1) is 11.0. The molecular formula is C16H17BrF2N2O2. The monoisotopic (exact) mass is 386 g/mol. The predicted molar refractivity (Wildman–Crippen MR) is 83.5 cm³/mol. The molecule has 124 valence electrons. The first kappa shape index (κ1) is 16.4. The highest BCUT2D eigenvalue weighted by molar-refractivity contribution is 9.10. The van der Waals surface area contributed by atoms with Gasteiger partial charge in [0.2, 0.25) is 18.1 Å². The zero-order valence-electron chi connectivity index (χ0n) is 12.7. The molecule has 1 aromatic heterocycles. The summed E-state index contributed by atoms with van der Waals surface area (Å²) in [6, 6.07) is 7.44. The smallest absolute Gasteiger partial charge is 0.242 e. The lowest BCUT2D eigenvalue weighted by atomic mass is 10.1. The van der Waals surface area contributed by atoms with Gasteiger partial charge in [-0.2, -0.15) is 4.98 Å². The molecule has 1 saturated carbocycles. The number of benzene rings is 1. The van der Waals surface area contributed by atoms with Crippen LogP contribution in [0.3, 0.4) is 0 Å². The molecule has 4 nitrogen and oxygen atoms in total. The van der Waals surface area contributed by atoms with Crippen molar-refractivity contribution in [3.63, 3.8) is 0 Å². The van der Waals surface area contributed by atoms with Crippen LogP contribution in [0.1, 0.15) is 44.0 Å². The zero-order valence-corrected chi connectivity index (χ0v) is 14.3. The molecule has 0 radical (unpaired) electrons. The number of aromatic nitrogens is 2. The average molecular weight is 387 g/mol. The largest absolute Gasteiger partial charge is 0.482 e. The number of nitrogens with zero attached hydrogens (tertiary/aromatic N) is 2. The molecule has 1 aliphatic carbocycles. The second-order valence-corrected chi connectivity index (χ2v) is 6.98. The van der Waals surface area contributed by atoms with Crippen molar-refractivity contribution in [1.29, 1.82) is 0 Å². The van der Waals surface area contributed by atoms with E-state index in [1.165, 1.54) is 0 Å². The molecule has 1 fully saturated rings. The van der Waals surface area contributed by atoms with Gasteiger partial charge in [0.25, 0.3) is 0 Å². The van der Waals surface area contributed by atoms with Crippen LogP contribution >= 0.6 is 15.9 Å². The van der Waals surface area contributed by atoms with Crippen LogP contribution in [-0.4, -0.2) is 16.6 Å². The number of hydrogen-bond acceptors (Lipinski definition) is 4. The van der Waals surface area contributed by atoms with E-state index in [9.17, 15) is 8.78 Å². The number of alkyl halides is 2. The first-order valence-electron chi connectivity index (χ1n) is 7.49. The molecule has 2 aromatic rings. The number of hydrogen-bond donors (Lipinski definition) is 0. The van der Waals surface area contributed by atoms with E-state index in [2.05, 4.69) is 26.1 Å². The summed E-state index contributed by atoms with van der Waals surface area (Å²) < 4.78 is 37.4. The Bertz CT molecular complexity index is 660. The van der Waals surface area contributed by atoms with Gasteiger partial charge in [-0.25, -0.2) is 8.78 Å². The van der Waals surface area contributed by atoms with E-state index in [-0.39, 0.29) is 17.7 Å². The van der Waals surface area contributed by atoms with Crippen LogP contribution in [0, 0.1) is 11.8 Å². The van der Waals surface area contributed by atoms with Gasteiger partial charge in [-0.1, -0.05) is 34.9 Å². The van der Waals surface area contributed by atoms with Crippen LogP contribution in [0.5, 0.6) is 5.75 Å². The lowest BCUT2D eigenvalue weighted by Crippen LogP contribution is -2.16. The second kappa shape index (κ2) is 6.55. The Labute approximate surface area is 141 Å². The Balaban J connectivity index is 1.74. The summed E-state index contributed by atoms with van der Waals surface area (Å²) in [5, 5.41) is 3.94. The number of halogens is 3. The van der Waals surface area contributed by atoms with Crippen molar-refractivity contribution in [2.75, 3.05) is 0 Å². The fourth-order valence-electron chi connectivity index (χ4n) is 2.44. The lowest BCUT2D eigenvalue weighted by Gasteiger charge is -2.19. The first-order valence-corrected chi connectivity index (χ1v) is 8.29. The van der Waals surface area contributed by atoms with Crippen LogP contribution in [0.25, 0.3) is 0 Å². The van der Waals surface area contributed by atoms with E-state index in [0.717, 1.165) is 4.47 Å². The van der Waals surface area contributed by atoms with Crippen LogP contribution in [0.4, 0.5) is 8.78 Å². The van der Waals surface area contributed by atoms with Crippen molar-refractivity contribution in [2.45, 2.75) is 38.7 Å². The third-order valence-corrected chi connectivity index (χ3v) is 4.40. The van der Waals surface area contributed by atoms with Crippen molar-refractivity contribution >= 4 is 15.9 Å². The highest BCUT2D eigenvalue weighted by Crippen LogP contribution is 2.50. The average Bonchev–Trinajstić information content (AvgIpc) is 3.17. The molecule has 1 unspecified atom stereocenters. The Morgan fingerprint density at radius 1 is 1.26 bits per heavy atom. The van der Waals surface area contributed by atoms with Gasteiger partial charge in [0, 0.05) is 16.3 Å². The highest BCUT2D eigenvalue weighted by Gasteiger charge is 2.49. The van der Waals surface area contributed by atoms with Crippen LogP contribution in [-0.2, 0) is 0 Å². The molecule has 0 aliphatic heterocycles. The van der Waals surface area contributed by atoms with Crippen molar-refractivity contribution in [2.24, 2.45) is 11.8 Å². The number of ether oxygens (including phenoxy) is 1. The van der Waals surface area contributed by atoms with Crippen LogP contribution in [0.2, 0.25) is 0 Å². The summed E-state index contributed by atoms with van der Waals surface area (Å²) in [7, 11) is 0. The summed E-state index contributed by atoms with van der Waals surface area (Å²) in [4.78, 5) is 4.29. The Kier molecular flexibility index (Phi) is 4.66. The summed E-state index contributed by atoms with van der Waals surface area (Å²) in [5.41, 5.74) is 0. The SMILES string of the molecule is CC(C)C(Oc1ccc(Br)cc1)c1noc([C@H]2C[C@@H]2C(F)F)n1. The highest BCUT2D eigenvalue weighted by atomic mass is 79.9. The fourth-order valence-corrected chi connectivity index (χ4v) is 2.70. The standard InChI is InChI=1S/C16H17BrF2N2O2/c1-8(2)13(22-10-5-3-9(17)4-6-10)15-20-16(23-21-15)12-7-11(12)14(18)19/h3-6,8,11-14H,7H2,1-2H3/t11-,12-,13?/m0/s1. The van der Waals surface area contributed by atoms with Crippen LogP contribution < -0.4 is 4.74 Å². The van der Waals surface area contributed by atoms with Gasteiger partial charge in [0.15, 0.2) is 6.10 Å². The Morgan fingerprint density at radius 2 is 1.96 bits per heavy atom. The minimum absolute atomic E-state index is 0.106. The molecule has 0 amide bonds. The summed E-state index contributed by atoms with van der Waals surface area (Å²) in [5.74, 6) is 0.502. The summed E-state index contributed by atoms with van der Waals surface area (Å²) in [6.07, 6.45) is -2.33. The third-order valence-electron chi connectivity index (χ3n) is 3.87. The maximum atomic E-state index is 12.7. The van der Waals surface area contributed by atoms with Crippen LogP contribution in [0.15, 0.2) is 33.3 Å². The molecule has 23 heavy (non-hydrogen) atoms. The van der Waals surface area contributed by atoms with Gasteiger partial charge in [0.05, 0.1) is 0 Å². The van der Waals surface area contributed by atoms with E-state index in [0.29, 0.717) is 18.0 Å². The van der Waals surface area contributed by atoms with Gasteiger partial charge < -0.3 is 9.26 Å². The van der Waals surface area contributed by atoms with Gasteiger partial charge >= 0.3 is 0 Å². The minimum atomic E-state index is -2.34. The molecule has 1 heterocycles. The van der Waals surface area contributed by atoms with E-state index in [1.54, 1.807) is 0 Å². The van der Waals surface area contributed by atoms with E-state index < -0.39 is 18.4 Å². The molecule has 1 aliphatic rings. The lowest BCUT2D eigenvalue weighted by molar-refractivity contribution is 0.118. The van der Waals surface area contributed by atoms with Crippen molar-refractivity contribution in [3.8, 4) is 5.75 Å². The maximum absolute atomic E-state index is 12.7. The zero-order chi connectivity index (χ0) is 16.6. The molecule has 0 spiro atoms. The molecule has 7 heteroatoms. The van der Waals surface area contributed by atoms with Gasteiger partial charge in [-0.15, -0.1) is 0 Å². The second-order valence-electron chi connectivity index (χ2n) is 6.07. The topological polar surface area (TPSA) is 48.2 Å².